The molecule has 2 heterocycles. The van der Waals surface area contributed by atoms with Gasteiger partial charge in [-0.1, -0.05) is 18.2 Å². The van der Waals surface area contributed by atoms with Crippen molar-refractivity contribution in [1.29, 1.82) is 0 Å². The molecular formula is C17H17ClN2O4. The van der Waals surface area contributed by atoms with Crippen LogP contribution in [0.15, 0.2) is 16.9 Å². The van der Waals surface area contributed by atoms with Crippen molar-refractivity contribution in [3.63, 3.8) is 0 Å². The van der Waals surface area contributed by atoms with Crippen LogP contribution in [-0.2, 0) is 0 Å². The Morgan fingerprint density at radius 3 is 2.96 bits per heavy atom. The highest BCUT2D eigenvalue weighted by Gasteiger charge is 2.20. The molecule has 1 aliphatic heterocycles. The van der Waals surface area contributed by atoms with Crippen LogP contribution in [0.2, 0.25) is 5.02 Å². The highest BCUT2D eigenvalue weighted by molar-refractivity contribution is 6.33. The summed E-state index contributed by atoms with van der Waals surface area (Å²) in [6, 6.07) is 3.53. The highest BCUT2D eigenvalue weighted by Crippen LogP contribution is 2.40. The third-order valence-corrected chi connectivity index (χ3v) is 3.98. The third kappa shape index (κ3) is 3.29. The second kappa shape index (κ2) is 7.07. The van der Waals surface area contributed by atoms with E-state index in [9.17, 15) is 4.79 Å². The van der Waals surface area contributed by atoms with Crippen LogP contribution in [0.1, 0.15) is 24.8 Å². The molecule has 0 unspecified atom stereocenters. The minimum absolute atomic E-state index is 0.179. The Bertz CT molecular complexity index is 923. The molecule has 0 saturated carbocycles. The van der Waals surface area contributed by atoms with E-state index in [-0.39, 0.29) is 23.5 Å². The van der Waals surface area contributed by atoms with Crippen LogP contribution in [-0.4, -0.2) is 28.3 Å². The lowest BCUT2D eigenvalue weighted by Crippen LogP contribution is -2.37. The molecule has 3 rings (SSSR count). The number of nitrogens with one attached hydrogen (secondary N) is 1. The van der Waals surface area contributed by atoms with Gasteiger partial charge < -0.3 is 19.6 Å². The molecule has 0 amide bonds. The lowest BCUT2D eigenvalue weighted by atomic mass is 10.1. The van der Waals surface area contributed by atoms with E-state index in [1.807, 2.05) is 0 Å². The molecule has 7 heteroatoms. The van der Waals surface area contributed by atoms with Gasteiger partial charge in [-0.15, -0.1) is 0 Å². The molecule has 0 bridgehead atoms. The van der Waals surface area contributed by atoms with Gasteiger partial charge in [-0.2, -0.15) is 4.98 Å². The molecule has 0 spiro atoms. The minimum atomic E-state index is -0.309. The van der Waals surface area contributed by atoms with Crippen LogP contribution in [0, 0.1) is 0 Å². The molecule has 1 aliphatic rings. The standard InChI is InChI=1S/C17H17ClN2O4/c1-10-19-16(22)12-9-11-5-6-13(23-8-4-2-3-7-21)14(18)15(11)24-17(12)20-10/h5-6,9,21H,1-4,7-8H2,(H,19,22). The molecule has 24 heavy (non-hydrogen) atoms. The molecule has 0 radical (unpaired) electrons. The molecule has 0 atom stereocenters. The monoisotopic (exact) mass is 348 g/mol. The summed E-state index contributed by atoms with van der Waals surface area (Å²) in [6.07, 6.45) is 4.14. The first-order valence-electron chi connectivity index (χ1n) is 7.65. The Morgan fingerprint density at radius 2 is 2.17 bits per heavy atom. The molecule has 0 fully saturated rings. The number of rotatable bonds is 6. The maximum Gasteiger partial charge on any atom is 0.262 e. The zero-order valence-corrected chi connectivity index (χ0v) is 13.7. The van der Waals surface area contributed by atoms with Gasteiger partial charge in [0.05, 0.1) is 6.61 Å². The number of fused-ring (bicyclic) bond motifs is 2. The van der Waals surface area contributed by atoms with E-state index < -0.39 is 0 Å². The van der Waals surface area contributed by atoms with Gasteiger partial charge in [0, 0.05) is 12.2 Å². The number of aliphatic hydroxyl groups is 1. The Morgan fingerprint density at radius 1 is 1.33 bits per heavy atom. The fourth-order valence-corrected chi connectivity index (χ4v) is 2.68. The van der Waals surface area contributed by atoms with Crippen LogP contribution >= 0.6 is 11.6 Å². The van der Waals surface area contributed by atoms with Crippen LogP contribution < -0.4 is 25.7 Å². The largest absolute Gasteiger partial charge is 0.492 e. The first-order valence-corrected chi connectivity index (χ1v) is 8.03. The summed E-state index contributed by atoms with van der Waals surface area (Å²) in [6.45, 7) is 4.30. The van der Waals surface area contributed by atoms with E-state index in [1.165, 1.54) is 0 Å². The average Bonchev–Trinajstić information content (AvgIpc) is 2.55. The Balaban J connectivity index is 1.87. The van der Waals surface area contributed by atoms with E-state index in [0.29, 0.717) is 33.9 Å². The summed E-state index contributed by atoms with van der Waals surface area (Å²) in [4.78, 5) is 18.6. The third-order valence-electron chi connectivity index (χ3n) is 3.62. The molecule has 0 aliphatic carbocycles. The van der Waals surface area contributed by atoms with Crippen LogP contribution in [0.5, 0.6) is 17.4 Å². The lowest BCUT2D eigenvalue weighted by molar-refractivity contribution is 0.266. The number of aromatic amines is 1. The molecule has 2 N–H and O–H groups in total. The van der Waals surface area contributed by atoms with Crippen molar-refractivity contribution in [3.8, 4) is 17.4 Å². The quantitative estimate of drug-likeness (QED) is 0.656. The summed E-state index contributed by atoms with van der Waals surface area (Å²) >= 11 is 6.37. The second-order valence-electron chi connectivity index (χ2n) is 5.41. The highest BCUT2D eigenvalue weighted by atomic mass is 35.5. The number of nitrogens with zero attached hydrogens (tertiary/aromatic N) is 1. The Labute approximate surface area is 143 Å². The van der Waals surface area contributed by atoms with Crippen molar-refractivity contribution >= 4 is 24.3 Å². The van der Waals surface area contributed by atoms with Crippen molar-refractivity contribution in [2.75, 3.05) is 13.2 Å². The van der Waals surface area contributed by atoms with Gasteiger partial charge in [-0.05, 0) is 37.5 Å². The average molecular weight is 349 g/mol. The fraction of sp³-hybridized carbons (Fsp3) is 0.294. The van der Waals surface area contributed by atoms with Crippen LogP contribution in [0.4, 0.5) is 0 Å². The summed E-state index contributed by atoms with van der Waals surface area (Å²) in [5, 5.41) is 9.44. The number of H-pyrrole nitrogens is 1. The Kier molecular flexibility index (Phi) is 4.87. The molecular weight excluding hydrogens is 332 g/mol. The van der Waals surface area contributed by atoms with Gasteiger partial charge in [0.2, 0.25) is 5.88 Å². The Hall–Kier alpha value is -2.31. The normalized spacial score (nSPS) is 11.9. The van der Waals surface area contributed by atoms with Crippen molar-refractivity contribution in [2.45, 2.75) is 19.3 Å². The van der Waals surface area contributed by atoms with Crippen LogP contribution in [0.3, 0.4) is 0 Å². The maximum atomic E-state index is 12.0. The van der Waals surface area contributed by atoms with Crippen molar-refractivity contribution in [3.05, 3.63) is 43.8 Å². The number of ether oxygens (including phenoxy) is 2. The van der Waals surface area contributed by atoms with Gasteiger partial charge in [-0.25, -0.2) is 0 Å². The van der Waals surface area contributed by atoms with Crippen molar-refractivity contribution < 1.29 is 14.6 Å². The number of halogens is 1. The topological polar surface area (TPSA) is 84.4 Å². The van der Waals surface area contributed by atoms with E-state index in [1.54, 1.807) is 18.2 Å². The molecule has 6 nitrogen and oxygen atoms in total. The molecule has 1 aromatic heterocycles. The van der Waals surface area contributed by atoms with Crippen molar-refractivity contribution in [2.24, 2.45) is 0 Å². The zero-order valence-electron chi connectivity index (χ0n) is 13.0. The van der Waals surface area contributed by atoms with E-state index in [4.69, 9.17) is 26.2 Å². The summed E-state index contributed by atoms with van der Waals surface area (Å²) in [5.74, 6) is 1.10. The molecule has 126 valence electrons. The first kappa shape index (κ1) is 16.5. The van der Waals surface area contributed by atoms with Gasteiger partial charge >= 0.3 is 0 Å². The molecule has 2 aromatic rings. The van der Waals surface area contributed by atoms with E-state index >= 15 is 0 Å². The number of aliphatic hydroxyl groups excluding tert-OH is 1. The SMILES string of the molecule is C=c1nc2c(c(=O)[nH]1)=Cc1ccc(OCCCCCO)c(Cl)c1O2. The number of hydrogen-bond acceptors (Lipinski definition) is 5. The van der Waals surface area contributed by atoms with Gasteiger partial charge in [-0.3, -0.25) is 4.79 Å². The summed E-state index contributed by atoms with van der Waals surface area (Å²) in [5.41, 5.74) is 0.600. The molecule has 1 aromatic carbocycles. The summed E-state index contributed by atoms with van der Waals surface area (Å²) in [7, 11) is 0. The number of unbranched alkanes of at least 4 members (excludes halogenated alkanes) is 2. The number of aromatic nitrogens is 2. The number of benzene rings is 1. The predicted octanol–water partition coefficient (Wildman–Crippen LogP) is 1.31. The maximum absolute atomic E-state index is 12.0. The van der Waals surface area contributed by atoms with E-state index in [0.717, 1.165) is 19.3 Å². The predicted molar refractivity (Wildman–Crippen MR) is 91.2 cm³/mol. The fourth-order valence-electron chi connectivity index (χ4n) is 2.42. The van der Waals surface area contributed by atoms with Crippen LogP contribution in [0.25, 0.3) is 12.7 Å². The number of hydrogen-bond donors (Lipinski definition) is 2. The zero-order chi connectivity index (χ0) is 17.1. The second-order valence-corrected chi connectivity index (χ2v) is 5.78. The van der Waals surface area contributed by atoms with Gasteiger partial charge in [0.1, 0.15) is 21.5 Å². The smallest absolute Gasteiger partial charge is 0.262 e. The first-order chi connectivity index (χ1) is 11.6. The van der Waals surface area contributed by atoms with Crippen molar-refractivity contribution in [1.82, 2.24) is 9.97 Å². The lowest BCUT2D eigenvalue weighted by Gasteiger charge is -2.17. The minimum Gasteiger partial charge on any atom is -0.492 e. The van der Waals surface area contributed by atoms with Gasteiger partial charge in [0.25, 0.3) is 5.56 Å². The van der Waals surface area contributed by atoms with E-state index in [2.05, 4.69) is 16.5 Å². The molecule has 0 saturated heterocycles. The van der Waals surface area contributed by atoms with Gasteiger partial charge in [0.15, 0.2) is 5.75 Å². The summed E-state index contributed by atoms with van der Waals surface area (Å²) < 4.78 is 11.4.